The molecular formula is C23H46O. The molecule has 0 aromatic rings. The van der Waals surface area contributed by atoms with Crippen LogP contribution >= 0.6 is 0 Å². The van der Waals surface area contributed by atoms with Crippen LogP contribution in [0.15, 0.2) is 12.2 Å². The fourth-order valence-corrected chi connectivity index (χ4v) is 2.98. The number of allylic oxidation sites excluding steroid dienone is 2. The summed E-state index contributed by atoms with van der Waals surface area (Å²) in [6.45, 7) is 6.44. The van der Waals surface area contributed by atoms with E-state index < -0.39 is 0 Å². The molecule has 24 heavy (non-hydrogen) atoms. The van der Waals surface area contributed by atoms with Crippen LogP contribution in [0.5, 0.6) is 0 Å². The van der Waals surface area contributed by atoms with E-state index in [1.54, 1.807) is 0 Å². The van der Waals surface area contributed by atoms with Crippen molar-refractivity contribution in [1.82, 2.24) is 0 Å². The van der Waals surface area contributed by atoms with Crippen molar-refractivity contribution in [3.05, 3.63) is 12.2 Å². The number of hydrogen-bond donors (Lipinski definition) is 0. The van der Waals surface area contributed by atoms with Gasteiger partial charge in [-0.1, -0.05) is 96.6 Å². The Balaban J connectivity index is 3.03. The first kappa shape index (κ1) is 23.7. The van der Waals surface area contributed by atoms with Gasteiger partial charge in [-0.2, -0.15) is 0 Å². The predicted molar refractivity (Wildman–Crippen MR) is 110 cm³/mol. The average molecular weight is 339 g/mol. The number of hydrogen-bond acceptors (Lipinski definition) is 1. The summed E-state index contributed by atoms with van der Waals surface area (Å²) in [5.41, 5.74) is 0. The molecule has 1 nitrogen and oxygen atoms in total. The van der Waals surface area contributed by atoms with Crippen molar-refractivity contribution < 1.29 is 4.74 Å². The van der Waals surface area contributed by atoms with Crippen LogP contribution in [-0.2, 0) is 4.74 Å². The van der Waals surface area contributed by atoms with E-state index in [-0.39, 0.29) is 0 Å². The average Bonchev–Trinajstić information content (AvgIpc) is 2.60. The summed E-state index contributed by atoms with van der Waals surface area (Å²) in [6, 6.07) is 0. The molecule has 0 unspecified atom stereocenters. The van der Waals surface area contributed by atoms with Crippen LogP contribution < -0.4 is 0 Å². The maximum absolute atomic E-state index is 5.59. The zero-order valence-electron chi connectivity index (χ0n) is 17.0. The predicted octanol–water partition coefficient (Wildman–Crippen LogP) is 8.23. The van der Waals surface area contributed by atoms with E-state index >= 15 is 0 Å². The second kappa shape index (κ2) is 22.7. The standard InChI is InChI=1S/C23H46O/c1-3-5-7-8-9-10-11-12-13-14-15-16-17-18-19-20-21-23-24-22-6-4-2/h12-13H,3-11,14-23H2,1-2H3/b13-12-. The summed E-state index contributed by atoms with van der Waals surface area (Å²) < 4.78 is 5.59. The lowest BCUT2D eigenvalue weighted by Gasteiger charge is -2.03. The zero-order chi connectivity index (χ0) is 17.6. The molecule has 1 heteroatoms. The minimum absolute atomic E-state index is 0.961. The van der Waals surface area contributed by atoms with Crippen molar-refractivity contribution in [2.45, 2.75) is 123 Å². The van der Waals surface area contributed by atoms with Gasteiger partial charge in [0, 0.05) is 13.2 Å². The van der Waals surface area contributed by atoms with Crippen molar-refractivity contribution in [2.24, 2.45) is 0 Å². The summed E-state index contributed by atoms with van der Waals surface area (Å²) in [6.07, 6.45) is 28.0. The Morgan fingerprint density at radius 1 is 0.458 bits per heavy atom. The van der Waals surface area contributed by atoms with Crippen molar-refractivity contribution in [3.63, 3.8) is 0 Å². The number of unbranched alkanes of at least 4 members (excludes halogenated alkanes) is 14. The van der Waals surface area contributed by atoms with Gasteiger partial charge in [-0.25, -0.2) is 0 Å². The minimum atomic E-state index is 0.961. The summed E-state index contributed by atoms with van der Waals surface area (Å²) in [5.74, 6) is 0. The van der Waals surface area contributed by atoms with Gasteiger partial charge in [0.25, 0.3) is 0 Å². The summed E-state index contributed by atoms with van der Waals surface area (Å²) in [4.78, 5) is 0. The van der Waals surface area contributed by atoms with Crippen molar-refractivity contribution in [1.29, 1.82) is 0 Å². The third kappa shape index (κ3) is 21.7. The van der Waals surface area contributed by atoms with Crippen molar-refractivity contribution in [2.75, 3.05) is 13.2 Å². The van der Waals surface area contributed by atoms with E-state index in [0.29, 0.717) is 0 Å². The van der Waals surface area contributed by atoms with Gasteiger partial charge in [-0.15, -0.1) is 0 Å². The van der Waals surface area contributed by atoms with Crippen LogP contribution in [0.2, 0.25) is 0 Å². The molecular weight excluding hydrogens is 292 g/mol. The Kier molecular flexibility index (Phi) is 22.4. The van der Waals surface area contributed by atoms with Gasteiger partial charge in [0.2, 0.25) is 0 Å². The van der Waals surface area contributed by atoms with Crippen molar-refractivity contribution in [3.8, 4) is 0 Å². The van der Waals surface area contributed by atoms with Crippen LogP contribution in [0, 0.1) is 0 Å². The van der Waals surface area contributed by atoms with Gasteiger partial charge in [0.05, 0.1) is 0 Å². The molecule has 0 radical (unpaired) electrons. The van der Waals surface area contributed by atoms with Gasteiger partial charge in [0.1, 0.15) is 0 Å². The highest BCUT2D eigenvalue weighted by Crippen LogP contribution is 2.10. The quantitative estimate of drug-likeness (QED) is 0.160. The van der Waals surface area contributed by atoms with Gasteiger partial charge < -0.3 is 4.74 Å². The first-order valence-electron chi connectivity index (χ1n) is 11.1. The topological polar surface area (TPSA) is 9.23 Å². The molecule has 0 bridgehead atoms. The largest absolute Gasteiger partial charge is 0.381 e. The van der Waals surface area contributed by atoms with Crippen LogP contribution in [0.25, 0.3) is 0 Å². The number of ether oxygens (including phenoxy) is 1. The molecule has 0 rings (SSSR count). The van der Waals surface area contributed by atoms with E-state index in [4.69, 9.17) is 4.74 Å². The first-order chi connectivity index (χ1) is 11.9. The maximum atomic E-state index is 5.59. The Morgan fingerprint density at radius 3 is 1.42 bits per heavy atom. The summed E-state index contributed by atoms with van der Waals surface area (Å²) in [7, 11) is 0. The molecule has 0 aliphatic carbocycles. The second-order valence-corrected chi connectivity index (χ2v) is 7.26. The summed E-state index contributed by atoms with van der Waals surface area (Å²) >= 11 is 0. The molecule has 0 saturated carbocycles. The van der Waals surface area contributed by atoms with Gasteiger partial charge in [0.15, 0.2) is 0 Å². The Hall–Kier alpha value is -0.300. The zero-order valence-corrected chi connectivity index (χ0v) is 17.0. The van der Waals surface area contributed by atoms with Crippen LogP contribution in [0.4, 0.5) is 0 Å². The molecule has 0 amide bonds. The lowest BCUT2D eigenvalue weighted by atomic mass is 10.1. The molecule has 0 aliphatic rings. The summed E-state index contributed by atoms with van der Waals surface area (Å²) in [5, 5.41) is 0. The minimum Gasteiger partial charge on any atom is -0.381 e. The van der Waals surface area contributed by atoms with Crippen LogP contribution in [0.3, 0.4) is 0 Å². The maximum Gasteiger partial charge on any atom is 0.0466 e. The molecule has 0 N–H and O–H groups in total. The Bertz CT molecular complexity index is 234. The molecule has 0 spiro atoms. The van der Waals surface area contributed by atoms with E-state index in [9.17, 15) is 0 Å². The highest BCUT2D eigenvalue weighted by molar-refractivity contribution is 4.81. The lowest BCUT2D eigenvalue weighted by molar-refractivity contribution is 0.127. The van der Waals surface area contributed by atoms with E-state index in [2.05, 4.69) is 26.0 Å². The third-order valence-corrected chi connectivity index (χ3v) is 4.69. The normalized spacial score (nSPS) is 11.6. The van der Waals surface area contributed by atoms with Crippen molar-refractivity contribution >= 4 is 0 Å². The fraction of sp³-hybridized carbons (Fsp3) is 0.913. The highest BCUT2D eigenvalue weighted by atomic mass is 16.5. The van der Waals surface area contributed by atoms with E-state index in [1.807, 2.05) is 0 Å². The number of rotatable bonds is 20. The van der Waals surface area contributed by atoms with Gasteiger partial charge in [-0.05, 0) is 38.5 Å². The van der Waals surface area contributed by atoms with E-state index in [0.717, 1.165) is 13.2 Å². The molecule has 0 fully saturated rings. The fourth-order valence-electron chi connectivity index (χ4n) is 2.98. The molecule has 0 aliphatic heterocycles. The van der Waals surface area contributed by atoms with Crippen LogP contribution in [-0.4, -0.2) is 13.2 Å². The SMILES string of the molecule is CCCCCCCC/C=C\CCCCCCCCCOCCCC. The van der Waals surface area contributed by atoms with E-state index in [1.165, 1.54) is 109 Å². The highest BCUT2D eigenvalue weighted by Gasteiger charge is 1.93. The third-order valence-electron chi connectivity index (χ3n) is 4.69. The molecule has 0 atom stereocenters. The smallest absolute Gasteiger partial charge is 0.0466 e. The first-order valence-corrected chi connectivity index (χ1v) is 11.1. The molecule has 0 aromatic heterocycles. The molecule has 144 valence electrons. The van der Waals surface area contributed by atoms with Gasteiger partial charge in [-0.3, -0.25) is 0 Å². The van der Waals surface area contributed by atoms with Crippen LogP contribution in [0.1, 0.15) is 123 Å². The molecule has 0 saturated heterocycles. The Morgan fingerprint density at radius 2 is 0.875 bits per heavy atom. The second-order valence-electron chi connectivity index (χ2n) is 7.26. The monoisotopic (exact) mass is 338 g/mol. The lowest BCUT2D eigenvalue weighted by Crippen LogP contribution is -1.96. The van der Waals surface area contributed by atoms with Gasteiger partial charge >= 0.3 is 0 Å². The Labute approximate surface area is 153 Å². The molecule has 0 heterocycles. The molecule has 0 aromatic carbocycles.